The van der Waals surface area contributed by atoms with Crippen LogP contribution in [-0.2, 0) is 0 Å². The maximum atomic E-state index is 11.3. The second kappa shape index (κ2) is 4.21. The Hall–Kier alpha value is -0.0800. The van der Waals surface area contributed by atoms with E-state index in [-0.39, 0.29) is 0 Å². The Morgan fingerprint density at radius 2 is 1.26 bits per heavy atom. The Labute approximate surface area is 116 Å². The third-order valence-electron chi connectivity index (χ3n) is 6.95. The van der Waals surface area contributed by atoms with Crippen LogP contribution in [0.2, 0.25) is 0 Å². The minimum Gasteiger partial charge on any atom is -0.390 e. The molecule has 0 spiro atoms. The zero-order valence-corrected chi connectivity index (χ0v) is 12.0. The van der Waals surface area contributed by atoms with Gasteiger partial charge in [-0.05, 0) is 68.6 Å². The zero-order valence-electron chi connectivity index (χ0n) is 12.0. The lowest BCUT2D eigenvalue weighted by Crippen LogP contribution is -2.60. The van der Waals surface area contributed by atoms with E-state index >= 15 is 0 Å². The summed E-state index contributed by atoms with van der Waals surface area (Å²) in [6.45, 7) is 0. The van der Waals surface area contributed by atoms with E-state index in [2.05, 4.69) is 0 Å². The van der Waals surface area contributed by atoms with E-state index in [1.165, 1.54) is 38.5 Å². The molecule has 2 nitrogen and oxygen atoms in total. The highest BCUT2D eigenvalue weighted by atomic mass is 16.3. The summed E-state index contributed by atoms with van der Waals surface area (Å²) < 4.78 is 0. The summed E-state index contributed by atoms with van der Waals surface area (Å²) in [4.78, 5) is 0. The summed E-state index contributed by atoms with van der Waals surface area (Å²) in [6, 6.07) is 0. The van der Waals surface area contributed by atoms with Gasteiger partial charge in [0.25, 0.3) is 0 Å². The number of hydrogen-bond donors (Lipinski definition) is 2. The summed E-state index contributed by atoms with van der Waals surface area (Å²) in [5.41, 5.74) is -1.08. The minimum atomic E-state index is -0.553. The van der Waals surface area contributed by atoms with E-state index in [0.29, 0.717) is 18.3 Å². The van der Waals surface area contributed by atoms with Crippen LogP contribution in [0.5, 0.6) is 0 Å². The van der Waals surface area contributed by atoms with Crippen molar-refractivity contribution in [2.75, 3.05) is 0 Å². The first-order valence-electron chi connectivity index (χ1n) is 8.52. The first-order chi connectivity index (χ1) is 9.07. The molecule has 0 aromatic heterocycles. The van der Waals surface area contributed by atoms with Gasteiger partial charge < -0.3 is 10.2 Å². The van der Waals surface area contributed by atoms with Crippen LogP contribution in [-0.4, -0.2) is 21.4 Å². The van der Waals surface area contributed by atoms with E-state index in [4.69, 9.17) is 0 Å². The van der Waals surface area contributed by atoms with Crippen LogP contribution < -0.4 is 0 Å². The van der Waals surface area contributed by atoms with Crippen molar-refractivity contribution in [2.45, 2.75) is 81.8 Å². The third kappa shape index (κ3) is 1.98. The zero-order chi connectivity index (χ0) is 13.1. The summed E-state index contributed by atoms with van der Waals surface area (Å²) in [7, 11) is 0. The van der Waals surface area contributed by atoms with Gasteiger partial charge in [-0.3, -0.25) is 0 Å². The van der Waals surface area contributed by atoms with Gasteiger partial charge in [0, 0.05) is 6.42 Å². The van der Waals surface area contributed by atoms with Crippen molar-refractivity contribution in [3.05, 3.63) is 0 Å². The maximum absolute atomic E-state index is 11.3. The largest absolute Gasteiger partial charge is 0.390 e. The van der Waals surface area contributed by atoms with E-state index in [1.54, 1.807) is 0 Å². The fraction of sp³-hybridized carbons (Fsp3) is 1.00. The molecule has 5 fully saturated rings. The van der Waals surface area contributed by atoms with E-state index in [1.807, 2.05) is 0 Å². The monoisotopic (exact) mass is 264 g/mol. The van der Waals surface area contributed by atoms with Crippen molar-refractivity contribution >= 4 is 0 Å². The van der Waals surface area contributed by atoms with Crippen LogP contribution in [0.25, 0.3) is 0 Å². The van der Waals surface area contributed by atoms with E-state index in [9.17, 15) is 10.2 Å². The molecule has 4 bridgehead atoms. The van der Waals surface area contributed by atoms with E-state index in [0.717, 1.165) is 37.5 Å². The normalized spacial score (nSPS) is 51.5. The average molecular weight is 264 g/mol. The molecule has 0 unspecified atom stereocenters. The Bertz CT molecular complexity index is 328. The predicted molar refractivity (Wildman–Crippen MR) is 74.6 cm³/mol. The Kier molecular flexibility index (Phi) is 2.80. The van der Waals surface area contributed by atoms with Crippen molar-refractivity contribution in [1.29, 1.82) is 0 Å². The predicted octanol–water partition coefficient (Wildman–Crippen LogP) is 3.26. The summed E-state index contributed by atoms with van der Waals surface area (Å²) in [5.74, 6) is 2.77. The lowest BCUT2D eigenvalue weighted by atomic mass is 9.48. The number of aliphatic hydroxyl groups is 2. The molecule has 5 rings (SSSR count). The molecule has 0 saturated heterocycles. The van der Waals surface area contributed by atoms with Crippen molar-refractivity contribution in [2.24, 2.45) is 23.7 Å². The van der Waals surface area contributed by atoms with Crippen LogP contribution in [0, 0.1) is 23.7 Å². The van der Waals surface area contributed by atoms with Crippen LogP contribution in [0.3, 0.4) is 0 Å². The minimum absolute atomic E-state index is 0.495. The molecular weight excluding hydrogens is 236 g/mol. The topological polar surface area (TPSA) is 40.5 Å². The fourth-order valence-electron chi connectivity index (χ4n) is 6.20. The van der Waals surface area contributed by atoms with Gasteiger partial charge in [0.1, 0.15) is 0 Å². The first-order valence-corrected chi connectivity index (χ1v) is 8.52. The van der Waals surface area contributed by atoms with Gasteiger partial charge >= 0.3 is 0 Å². The SMILES string of the molecule is OC1(CC2(O)C3CC4CC(C3)CC2C4)CCCCC1. The molecule has 2 N–H and O–H groups in total. The van der Waals surface area contributed by atoms with Crippen LogP contribution >= 0.6 is 0 Å². The van der Waals surface area contributed by atoms with Gasteiger partial charge in [-0.1, -0.05) is 19.3 Å². The van der Waals surface area contributed by atoms with Crippen LogP contribution in [0.15, 0.2) is 0 Å². The molecule has 19 heavy (non-hydrogen) atoms. The lowest BCUT2D eigenvalue weighted by Gasteiger charge is -2.60. The standard InChI is InChI=1S/C17H28O2/c18-16(4-2-1-3-5-16)11-17(19)14-7-12-6-13(9-14)10-15(17)8-12/h12-15,18-19H,1-11H2. The Balaban J connectivity index is 1.56. The molecule has 0 amide bonds. The van der Waals surface area contributed by atoms with Crippen LogP contribution in [0.4, 0.5) is 0 Å². The van der Waals surface area contributed by atoms with Gasteiger partial charge in [-0.2, -0.15) is 0 Å². The molecule has 108 valence electrons. The summed E-state index contributed by atoms with van der Waals surface area (Å²) in [5, 5.41) is 22.2. The van der Waals surface area contributed by atoms with Crippen LogP contribution in [0.1, 0.15) is 70.6 Å². The summed E-state index contributed by atoms with van der Waals surface area (Å²) in [6.07, 6.45) is 12.4. The Morgan fingerprint density at radius 1 is 0.737 bits per heavy atom. The molecule has 5 aliphatic carbocycles. The van der Waals surface area contributed by atoms with Gasteiger partial charge in [-0.25, -0.2) is 0 Å². The quantitative estimate of drug-likeness (QED) is 0.803. The highest BCUT2D eigenvalue weighted by molar-refractivity contribution is 5.09. The maximum Gasteiger partial charge on any atom is 0.0731 e. The van der Waals surface area contributed by atoms with Crippen molar-refractivity contribution in [1.82, 2.24) is 0 Å². The molecule has 0 aliphatic heterocycles. The molecule has 0 heterocycles. The fourth-order valence-corrected chi connectivity index (χ4v) is 6.20. The van der Waals surface area contributed by atoms with Gasteiger partial charge in [0.15, 0.2) is 0 Å². The molecule has 2 heteroatoms. The first kappa shape index (κ1) is 12.6. The molecule has 0 atom stereocenters. The molecule has 0 aromatic rings. The second-order valence-electron chi connectivity index (χ2n) is 8.26. The third-order valence-corrected chi connectivity index (χ3v) is 6.95. The van der Waals surface area contributed by atoms with Gasteiger partial charge in [-0.15, -0.1) is 0 Å². The molecule has 0 aromatic carbocycles. The average Bonchev–Trinajstić information content (AvgIpc) is 2.36. The highest BCUT2D eigenvalue weighted by Gasteiger charge is 2.58. The second-order valence-corrected chi connectivity index (χ2v) is 8.26. The van der Waals surface area contributed by atoms with Crippen molar-refractivity contribution < 1.29 is 10.2 Å². The lowest BCUT2D eigenvalue weighted by molar-refractivity contribution is -0.204. The van der Waals surface area contributed by atoms with Gasteiger partial charge in [0.05, 0.1) is 11.2 Å². The molecule has 0 radical (unpaired) electrons. The summed E-state index contributed by atoms with van der Waals surface area (Å²) >= 11 is 0. The smallest absolute Gasteiger partial charge is 0.0731 e. The van der Waals surface area contributed by atoms with E-state index < -0.39 is 11.2 Å². The van der Waals surface area contributed by atoms with Gasteiger partial charge in [0.2, 0.25) is 0 Å². The number of hydrogen-bond acceptors (Lipinski definition) is 2. The molecule has 5 saturated carbocycles. The molecule has 5 aliphatic rings. The number of rotatable bonds is 2. The highest BCUT2D eigenvalue weighted by Crippen LogP contribution is 2.60. The Morgan fingerprint density at radius 3 is 1.79 bits per heavy atom. The molecular formula is C17H28O2. The van der Waals surface area contributed by atoms with Crippen molar-refractivity contribution in [3.8, 4) is 0 Å². The van der Waals surface area contributed by atoms with Crippen molar-refractivity contribution in [3.63, 3.8) is 0 Å².